The van der Waals surface area contributed by atoms with E-state index in [1.807, 2.05) is 0 Å². The number of benzene rings is 1. The zero-order valence-electron chi connectivity index (χ0n) is 9.77. The standard InChI is InChI=1S/C12H17BFNO2/c14-12-5-4-10(8-11(12)13(16)17)9-15-6-2-1-3-7-15/h4-5,8,16-17H,1-3,6-7,9H2. The second-order valence-electron chi connectivity index (χ2n) is 4.57. The van der Waals surface area contributed by atoms with E-state index in [4.69, 9.17) is 10.0 Å². The number of halogens is 1. The zero-order chi connectivity index (χ0) is 12.3. The number of nitrogens with zero attached hydrogens (tertiary/aromatic N) is 1. The Bertz CT molecular complexity index is 381. The summed E-state index contributed by atoms with van der Waals surface area (Å²) >= 11 is 0. The van der Waals surface area contributed by atoms with Gasteiger partial charge in [-0.15, -0.1) is 0 Å². The van der Waals surface area contributed by atoms with Crippen LogP contribution in [0.25, 0.3) is 0 Å². The van der Waals surface area contributed by atoms with Crippen LogP contribution in [0.15, 0.2) is 18.2 Å². The number of rotatable bonds is 3. The van der Waals surface area contributed by atoms with E-state index in [-0.39, 0.29) is 5.46 Å². The SMILES string of the molecule is OB(O)c1cc(CN2CCCCC2)ccc1F. The Labute approximate surface area is 101 Å². The van der Waals surface area contributed by atoms with Crippen molar-refractivity contribution in [3.8, 4) is 0 Å². The van der Waals surface area contributed by atoms with Gasteiger partial charge in [0.1, 0.15) is 5.82 Å². The van der Waals surface area contributed by atoms with Crippen molar-refractivity contribution in [1.29, 1.82) is 0 Å². The molecule has 0 aromatic heterocycles. The summed E-state index contributed by atoms with van der Waals surface area (Å²) in [4.78, 5) is 2.31. The molecule has 0 unspecified atom stereocenters. The molecule has 5 heteroatoms. The summed E-state index contributed by atoms with van der Waals surface area (Å²) in [5.41, 5.74) is 0.885. The van der Waals surface area contributed by atoms with E-state index < -0.39 is 12.9 Å². The summed E-state index contributed by atoms with van der Waals surface area (Å²) < 4.78 is 13.3. The number of hydrogen-bond acceptors (Lipinski definition) is 3. The van der Waals surface area contributed by atoms with Gasteiger partial charge in [0.15, 0.2) is 0 Å². The van der Waals surface area contributed by atoms with Crippen LogP contribution in [0.1, 0.15) is 24.8 Å². The fourth-order valence-electron chi connectivity index (χ4n) is 2.27. The molecule has 0 atom stereocenters. The maximum atomic E-state index is 13.3. The molecule has 92 valence electrons. The van der Waals surface area contributed by atoms with Crippen LogP contribution in [0.5, 0.6) is 0 Å². The van der Waals surface area contributed by atoms with E-state index in [0.717, 1.165) is 25.2 Å². The molecule has 0 aliphatic carbocycles. The van der Waals surface area contributed by atoms with E-state index in [0.29, 0.717) is 0 Å². The first-order chi connectivity index (χ1) is 8.16. The van der Waals surface area contributed by atoms with Crippen LogP contribution in [0, 0.1) is 5.82 Å². The summed E-state index contributed by atoms with van der Waals surface area (Å²) in [6.07, 6.45) is 3.69. The molecular formula is C12H17BFNO2. The Morgan fingerprint density at radius 2 is 1.88 bits per heavy atom. The minimum Gasteiger partial charge on any atom is -0.423 e. The van der Waals surface area contributed by atoms with Crippen LogP contribution in [0.4, 0.5) is 4.39 Å². The van der Waals surface area contributed by atoms with Gasteiger partial charge in [-0.05, 0) is 37.6 Å². The van der Waals surface area contributed by atoms with Crippen LogP contribution in [-0.2, 0) is 6.54 Å². The van der Waals surface area contributed by atoms with E-state index in [1.54, 1.807) is 6.07 Å². The van der Waals surface area contributed by atoms with Gasteiger partial charge in [0.05, 0.1) is 0 Å². The molecule has 1 aliphatic rings. The van der Waals surface area contributed by atoms with Gasteiger partial charge in [0, 0.05) is 12.0 Å². The maximum absolute atomic E-state index is 13.3. The maximum Gasteiger partial charge on any atom is 0.491 e. The number of likely N-dealkylation sites (tertiary alicyclic amines) is 1. The predicted octanol–water partition coefficient (Wildman–Crippen LogP) is 0.491. The minimum absolute atomic E-state index is 0.0421. The Balaban J connectivity index is 2.07. The lowest BCUT2D eigenvalue weighted by Crippen LogP contribution is -2.34. The Morgan fingerprint density at radius 1 is 1.18 bits per heavy atom. The molecule has 0 amide bonds. The molecule has 1 heterocycles. The van der Waals surface area contributed by atoms with E-state index in [2.05, 4.69) is 4.90 Å². The zero-order valence-corrected chi connectivity index (χ0v) is 9.77. The molecule has 1 aromatic rings. The van der Waals surface area contributed by atoms with Gasteiger partial charge in [0.25, 0.3) is 0 Å². The second kappa shape index (κ2) is 5.62. The number of piperidine rings is 1. The van der Waals surface area contributed by atoms with Crippen molar-refractivity contribution in [2.45, 2.75) is 25.8 Å². The third kappa shape index (κ3) is 3.28. The Hall–Kier alpha value is -0.905. The first-order valence-electron chi connectivity index (χ1n) is 6.03. The van der Waals surface area contributed by atoms with Crippen LogP contribution >= 0.6 is 0 Å². The highest BCUT2D eigenvalue weighted by Crippen LogP contribution is 2.12. The highest BCUT2D eigenvalue weighted by molar-refractivity contribution is 6.58. The van der Waals surface area contributed by atoms with Crippen LogP contribution < -0.4 is 5.46 Å². The van der Waals surface area contributed by atoms with Gasteiger partial charge in [-0.25, -0.2) is 4.39 Å². The van der Waals surface area contributed by atoms with E-state index in [1.165, 1.54) is 31.4 Å². The van der Waals surface area contributed by atoms with Crippen LogP contribution in [0.2, 0.25) is 0 Å². The molecule has 0 radical (unpaired) electrons. The van der Waals surface area contributed by atoms with E-state index >= 15 is 0 Å². The molecule has 2 N–H and O–H groups in total. The quantitative estimate of drug-likeness (QED) is 0.752. The lowest BCUT2D eigenvalue weighted by molar-refractivity contribution is 0.221. The van der Waals surface area contributed by atoms with Gasteiger partial charge in [-0.3, -0.25) is 4.90 Å². The molecule has 1 saturated heterocycles. The molecule has 3 nitrogen and oxygen atoms in total. The molecule has 2 rings (SSSR count). The highest BCUT2D eigenvalue weighted by Gasteiger charge is 2.18. The highest BCUT2D eigenvalue weighted by atomic mass is 19.1. The Morgan fingerprint density at radius 3 is 2.53 bits per heavy atom. The minimum atomic E-state index is -1.74. The van der Waals surface area contributed by atoms with Crippen molar-refractivity contribution in [1.82, 2.24) is 4.90 Å². The van der Waals surface area contributed by atoms with Crippen molar-refractivity contribution < 1.29 is 14.4 Å². The number of hydrogen-bond donors (Lipinski definition) is 2. The first-order valence-corrected chi connectivity index (χ1v) is 6.03. The third-order valence-electron chi connectivity index (χ3n) is 3.19. The van der Waals surface area contributed by atoms with Crippen molar-refractivity contribution in [2.75, 3.05) is 13.1 Å². The normalized spacial score (nSPS) is 17.1. The fraction of sp³-hybridized carbons (Fsp3) is 0.500. The third-order valence-corrected chi connectivity index (χ3v) is 3.19. The molecule has 0 spiro atoms. The molecule has 17 heavy (non-hydrogen) atoms. The van der Waals surface area contributed by atoms with Crippen molar-refractivity contribution in [3.05, 3.63) is 29.6 Å². The molecule has 0 bridgehead atoms. The van der Waals surface area contributed by atoms with E-state index in [9.17, 15) is 4.39 Å². The molecule has 0 saturated carbocycles. The van der Waals surface area contributed by atoms with Gasteiger partial charge >= 0.3 is 7.12 Å². The van der Waals surface area contributed by atoms with Crippen LogP contribution in [0.3, 0.4) is 0 Å². The average molecular weight is 237 g/mol. The summed E-state index contributed by atoms with van der Waals surface area (Å²) in [6, 6.07) is 4.54. The second-order valence-corrected chi connectivity index (χ2v) is 4.57. The molecular weight excluding hydrogens is 220 g/mol. The molecule has 1 aromatic carbocycles. The summed E-state index contributed by atoms with van der Waals surface area (Å²) in [5.74, 6) is -0.567. The van der Waals surface area contributed by atoms with Crippen molar-refractivity contribution in [2.24, 2.45) is 0 Å². The van der Waals surface area contributed by atoms with Crippen LogP contribution in [-0.4, -0.2) is 35.2 Å². The van der Waals surface area contributed by atoms with Gasteiger partial charge in [-0.1, -0.05) is 18.6 Å². The largest absolute Gasteiger partial charge is 0.491 e. The van der Waals surface area contributed by atoms with Gasteiger partial charge in [-0.2, -0.15) is 0 Å². The molecule has 1 aliphatic heterocycles. The van der Waals surface area contributed by atoms with Gasteiger partial charge in [0.2, 0.25) is 0 Å². The predicted molar refractivity (Wildman–Crippen MR) is 65.4 cm³/mol. The summed E-state index contributed by atoms with van der Waals surface area (Å²) in [7, 11) is -1.74. The first kappa shape index (κ1) is 12.5. The van der Waals surface area contributed by atoms with Gasteiger partial charge < -0.3 is 10.0 Å². The smallest absolute Gasteiger partial charge is 0.423 e. The monoisotopic (exact) mass is 237 g/mol. The topological polar surface area (TPSA) is 43.7 Å². The molecule has 1 fully saturated rings. The Kier molecular flexibility index (Phi) is 4.15. The van der Waals surface area contributed by atoms with Crippen molar-refractivity contribution in [3.63, 3.8) is 0 Å². The summed E-state index contributed by atoms with van der Waals surface area (Å²) in [5, 5.41) is 18.1. The van der Waals surface area contributed by atoms with Crippen molar-refractivity contribution >= 4 is 12.6 Å². The lowest BCUT2D eigenvalue weighted by Gasteiger charge is -2.26. The summed E-state index contributed by atoms with van der Waals surface area (Å²) in [6.45, 7) is 2.88. The fourth-order valence-corrected chi connectivity index (χ4v) is 2.27. The lowest BCUT2D eigenvalue weighted by atomic mass is 9.79. The average Bonchev–Trinajstić information content (AvgIpc) is 2.32.